The lowest BCUT2D eigenvalue weighted by molar-refractivity contribution is 0.0953. The zero-order valence-electron chi connectivity index (χ0n) is 14.6. The molecule has 6 nitrogen and oxygen atoms in total. The van der Waals surface area contributed by atoms with Crippen LogP contribution in [0.25, 0.3) is 0 Å². The number of hydrogen-bond acceptors (Lipinski definition) is 4. The monoisotopic (exact) mass is 396 g/mol. The molecule has 2 N–H and O–H groups in total. The Bertz CT molecular complexity index is 885. The molecule has 0 saturated carbocycles. The number of anilines is 1. The van der Waals surface area contributed by atoms with Gasteiger partial charge in [0.2, 0.25) is 0 Å². The van der Waals surface area contributed by atoms with E-state index in [0.717, 1.165) is 12.8 Å². The van der Waals surface area contributed by atoms with Crippen molar-refractivity contribution in [3.63, 3.8) is 0 Å². The average molecular weight is 397 g/mol. The normalized spacial score (nSPS) is 11.0. The number of halogens is 1. The summed E-state index contributed by atoms with van der Waals surface area (Å²) in [5.41, 5.74) is 0.588. The first-order valence-electron chi connectivity index (χ1n) is 8.12. The topological polar surface area (TPSA) is 84.5 Å². The Kier molecular flexibility index (Phi) is 6.88. The SMILES string of the molecule is CCCCNC(=O)c1cccc(S(=O)(=O)Nc2ccc(OC)c(Cl)c2)c1. The highest BCUT2D eigenvalue weighted by Crippen LogP contribution is 2.28. The van der Waals surface area contributed by atoms with Crippen LogP contribution in [0.5, 0.6) is 5.75 Å². The number of rotatable bonds is 8. The van der Waals surface area contributed by atoms with Crippen molar-refractivity contribution in [2.75, 3.05) is 18.4 Å². The maximum Gasteiger partial charge on any atom is 0.261 e. The molecule has 0 aliphatic heterocycles. The second kappa shape index (κ2) is 8.91. The molecule has 0 heterocycles. The predicted octanol–water partition coefficient (Wildman–Crippen LogP) is 3.68. The van der Waals surface area contributed by atoms with Crippen molar-refractivity contribution in [2.24, 2.45) is 0 Å². The van der Waals surface area contributed by atoms with Crippen LogP contribution < -0.4 is 14.8 Å². The fourth-order valence-corrected chi connectivity index (χ4v) is 3.58. The van der Waals surface area contributed by atoms with Gasteiger partial charge in [-0.05, 0) is 42.8 Å². The van der Waals surface area contributed by atoms with Gasteiger partial charge < -0.3 is 10.1 Å². The summed E-state index contributed by atoms with van der Waals surface area (Å²) in [4.78, 5) is 12.1. The summed E-state index contributed by atoms with van der Waals surface area (Å²) in [6.45, 7) is 2.57. The Morgan fingerprint density at radius 3 is 2.62 bits per heavy atom. The van der Waals surface area contributed by atoms with Crippen LogP contribution in [0.3, 0.4) is 0 Å². The Hall–Kier alpha value is -2.25. The number of carbonyl (C=O) groups excluding carboxylic acids is 1. The molecule has 0 aliphatic rings. The number of hydrogen-bond donors (Lipinski definition) is 2. The zero-order valence-corrected chi connectivity index (χ0v) is 16.2. The Morgan fingerprint density at radius 1 is 1.19 bits per heavy atom. The van der Waals surface area contributed by atoms with Crippen molar-refractivity contribution >= 4 is 33.2 Å². The van der Waals surface area contributed by atoms with Crippen LogP contribution in [0, 0.1) is 0 Å². The van der Waals surface area contributed by atoms with E-state index in [2.05, 4.69) is 10.0 Å². The fraction of sp³-hybridized carbons (Fsp3) is 0.278. The third kappa shape index (κ3) is 5.12. The van der Waals surface area contributed by atoms with E-state index in [0.29, 0.717) is 18.0 Å². The van der Waals surface area contributed by atoms with E-state index in [1.807, 2.05) is 6.92 Å². The molecule has 0 radical (unpaired) electrons. The van der Waals surface area contributed by atoms with Crippen LogP contribution >= 0.6 is 11.6 Å². The molecule has 0 spiro atoms. The third-order valence-corrected chi connectivity index (χ3v) is 5.30. The lowest BCUT2D eigenvalue weighted by Crippen LogP contribution is -2.24. The summed E-state index contributed by atoms with van der Waals surface area (Å²) in [6.07, 6.45) is 1.83. The van der Waals surface area contributed by atoms with Gasteiger partial charge in [-0.2, -0.15) is 0 Å². The molecule has 140 valence electrons. The van der Waals surface area contributed by atoms with Crippen molar-refractivity contribution in [1.29, 1.82) is 0 Å². The molecule has 1 amide bonds. The van der Waals surface area contributed by atoms with Crippen molar-refractivity contribution in [1.82, 2.24) is 5.32 Å². The first kappa shape index (κ1) is 20.1. The number of methoxy groups -OCH3 is 1. The highest BCUT2D eigenvalue weighted by molar-refractivity contribution is 7.92. The van der Waals surface area contributed by atoms with Gasteiger partial charge in [0, 0.05) is 12.1 Å². The van der Waals surface area contributed by atoms with Gasteiger partial charge in [-0.25, -0.2) is 8.42 Å². The van der Waals surface area contributed by atoms with Crippen molar-refractivity contribution in [2.45, 2.75) is 24.7 Å². The number of amides is 1. The Morgan fingerprint density at radius 2 is 1.96 bits per heavy atom. The van der Waals surface area contributed by atoms with E-state index in [4.69, 9.17) is 16.3 Å². The summed E-state index contributed by atoms with van der Waals surface area (Å²) in [7, 11) is -2.39. The highest BCUT2D eigenvalue weighted by Gasteiger charge is 2.17. The van der Waals surface area contributed by atoms with Crippen LogP contribution in [0.2, 0.25) is 5.02 Å². The number of sulfonamides is 1. The highest BCUT2D eigenvalue weighted by atomic mass is 35.5. The molecule has 2 aromatic rings. The molecule has 2 rings (SSSR count). The Balaban J connectivity index is 2.19. The second-order valence-electron chi connectivity index (χ2n) is 5.59. The lowest BCUT2D eigenvalue weighted by atomic mass is 10.2. The molecule has 0 bridgehead atoms. The molecule has 0 aromatic heterocycles. The molecular formula is C18H21ClN2O4S. The smallest absolute Gasteiger partial charge is 0.261 e. The van der Waals surface area contributed by atoms with Gasteiger partial charge in [0.05, 0.1) is 22.7 Å². The van der Waals surface area contributed by atoms with Crippen molar-refractivity contribution in [3.8, 4) is 5.75 Å². The number of carbonyl (C=O) groups is 1. The predicted molar refractivity (Wildman–Crippen MR) is 102 cm³/mol. The summed E-state index contributed by atoms with van der Waals surface area (Å²) in [6, 6.07) is 10.4. The fourth-order valence-electron chi connectivity index (χ4n) is 2.23. The van der Waals surface area contributed by atoms with E-state index in [-0.39, 0.29) is 21.4 Å². The Labute approximate surface area is 158 Å². The summed E-state index contributed by atoms with van der Waals surface area (Å²) in [5, 5.41) is 3.05. The number of benzene rings is 2. The minimum Gasteiger partial charge on any atom is -0.495 e. The van der Waals surface area contributed by atoms with E-state index in [1.54, 1.807) is 18.2 Å². The van der Waals surface area contributed by atoms with Crippen LogP contribution in [0.4, 0.5) is 5.69 Å². The molecule has 8 heteroatoms. The van der Waals surface area contributed by atoms with Crippen LogP contribution in [-0.2, 0) is 10.0 Å². The first-order chi connectivity index (χ1) is 12.4. The second-order valence-corrected chi connectivity index (χ2v) is 7.68. The van der Waals surface area contributed by atoms with Crippen LogP contribution in [0.15, 0.2) is 47.4 Å². The molecule has 0 aliphatic carbocycles. The standard InChI is InChI=1S/C18H21ClN2O4S/c1-3-4-10-20-18(22)13-6-5-7-15(11-13)26(23,24)21-14-8-9-17(25-2)16(19)12-14/h5-9,11-12,21H,3-4,10H2,1-2H3,(H,20,22). The van der Waals surface area contributed by atoms with Crippen molar-refractivity contribution < 1.29 is 17.9 Å². The van der Waals surface area contributed by atoms with E-state index in [1.165, 1.54) is 31.4 Å². The molecule has 0 saturated heterocycles. The summed E-state index contributed by atoms with van der Waals surface area (Å²) in [5.74, 6) is 0.142. The molecule has 26 heavy (non-hydrogen) atoms. The maximum absolute atomic E-state index is 12.6. The van der Waals surface area contributed by atoms with Gasteiger partial charge in [0.25, 0.3) is 15.9 Å². The van der Waals surface area contributed by atoms with Gasteiger partial charge in [-0.3, -0.25) is 9.52 Å². The van der Waals surface area contributed by atoms with Gasteiger partial charge in [-0.15, -0.1) is 0 Å². The third-order valence-electron chi connectivity index (χ3n) is 3.63. The maximum atomic E-state index is 12.6. The van der Waals surface area contributed by atoms with Crippen molar-refractivity contribution in [3.05, 3.63) is 53.1 Å². The molecule has 0 unspecified atom stereocenters. The van der Waals surface area contributed by atoms with Crippen LogP contribution in [0.1, 0.15) is 30.1 Å². The van der Waals surface area contributed by atoms with Gasteiger partial charge in [-0.1, -0.05) is 31.0 Å². The molecular weight excluding hydrogens is 376 g/mol. The number of nitrogens with one attached hydrogen (secondary N) is 2. The summed E-state index contributed by atoms with van der Waals surface area (Å²) >= 11 is 6.02. The average Bonchev–Trinajstić information content (AvgIpc) is 2.62. The molecule has 2 aromatic carbocycles. The first-order valence-corrected chi connectivity index (χ1v) is 9.98. The van der Waals surface area contributed by atoms with Crippen LogP contribution in [-0.4, -0.2) is 28.0 Å². The van der Waals surface area contributed by atoms with Gasteiger partial charge in [0.15, 0.2) is 0 Å². The zero-order chi connectivity index (χ0) is 19.2. The van der Waals surface area contributed by atoms with E-state index in [9.17, 15) is 13.2 Å². The van der Waals surface area contributed by atoms with E-state index >= 15 is 0 Å². The summed E-state index contributed by atoms with van der Waals surface area (Å²) < 4.78 is 32.7. The molecule has 0 atom stereocenters. The lowest BCUT2D eigenvalue weighted by Gasteiger charge is -2.11. The quantitative estimate of drug-likeness (QED) is 0.666. The van der Waals surface area contributed by atoms with E-state index < -0.39 is 10.0 Å². The minimum atomic E-state index is -3.86. The largest absolute Gasteiger partial charge is 0.495 e. The number of unbranched alkanes of at least 4 members (excludes halogenated alkanes) is 1. The van der Waals surface area contributed by atoms with Gasteiger partial charge in [0.1, 0.15) is 5.75 Å². The number of ether oxygens (including phenoxy) is 1. The molecule has 0 fully saturated rings. The van der Waals surface area contributed by atoms with Gasteiger partial charge >= 0.3 is 0 Å². The minimum absolute atomic E-state index is 0.00687.